The van der Waals surface area contributed by atoms with Crippen molar-refractivity contribution in [2.24, 2.45) is 5.92 Å². The molecule has 1 N–H and O–H groups in total. The van der Waals surface area contributed by atoms with E-state index in [0.29, 0.717) is 17.4 Å². The zero-order valence-corrected chi connectivity index (χ0v) is 11.8. The Morgan fingerprint density at radius 1 is 1.61 bits per heavy atom. The van der Waals surface area contributed by atoms with E-state index in [1.165, 1.54) is 0 Å². The van der Waals surface area contributed by atoms with E-state index in [4.69, 9.17) is 16.3 Å². The first kappa shape index (κ1) is 13.8. The number of hydrogen-bond donors (Lipinski definition) is 1. The molecular weight excluding hydrogens is 252 g/mol. The van der Waals surface area contributed by atoms with E-state index in [2.05, 4.69) is 5.10 Å². The molecule has 0 bridgehead atoms. The van der Waals surface area contributed by atoms with Crippen molar-refractivity contribution in [2.75, 3.05) is 13.2 Å². The lowest BCUT2D eigenvalue weighted by molar-refractivity contribution is 0.127. The molecule has 2 rings (SSSR count). The predicted octanol–water partition coefficient (Wildman–Crippen LogP) is 2.19. The van der Waals surface area contributed by atoms with E-state index in [-0.39, 0.29) is 6.10 Å². The average Bonchev–Trinajstić information content (AvgIpc) is 2.92. The molecule has 0 radical (unpaired) electrons. The molecule has 1 saturated heterocycles. The van der Waals surface area contributed by atoms with Crippen LogP contribution >= 0.6 is 11.6 Å². The van der Waals surface area contributed by atoms with Crippen molar-refractivity contribution in [3.63, 3.8) is 0 Å². The predicted molar refractivity (Wildman–Crippen MR) is 70.9 cm³/mol. The number of ether oxygens (including phenoxy) is 1. The SMILES string of the molecule is CCn1nc(C)c(Cl)c1CC(O)CC1CCOC1. The smallest absolute Gasteiger partial charge is 0.0848 e. The van der Waals surface area contributed by atoms with Crippen LogP contribution in [0.1, 0.15) is 31.2 Å². The van der Waals surface area contributed by atoms with Crippen LogP contribution < -0.4 is 0 Å². The van der Waals surface area contributed by atoms with Crippen LogP contribution in [0.4, 0.5) is 0 Å². The first-order chi connectivity index (χ1) is 8.61. The Morgan fingerprint density at radius 2 is 2.39 bits per heavy atom. The fraction of sp³-hybridized carbons (Fsp3) is 0.769. The highest BCUT2D eigenvalue weighted by molar-refractivity contribution is 6.31. The summed E-state index contributed by atoms with van der Waals surface area (Å²) in [5.74, 6) is 0.484. The highest BCUT2D eigenvalue weighted by Gasteiger charge is 2.22. The van der Waals surface area contributed by atoms with E-state index >= 15 is 0 Å². The normalized spacial score (nSPS) is 21.4. The molecule has 0 saturated carbocycles. The maximum Gasteiger partial charge on any atom is 0.0848 e. The minimum atomic E-state index is -0.365. The van der Waals surface area contributed by atoms with Gasteiger partial charge in [0.2, 0.25) is 0 Å². The van der Waals surface area contributed by atoms with Gasteiger partial charge in [0.05, 0.1) is 22.5 Å². The third-order valence-corrected chi connectivity index (χ3v) is 4.00. The van der Waals surface area contributed by atoms with Crippen molar-refractivity contribution >= 4 is 11.6 Å². The molecule has 1 aliphatic heterocycles. The number of aliphatic hydroxyl groups is 1. The summed E-state index contributed by atoms with van der Waals surface area (Å²) in [4.78, 5) is 0. The van der Waals surface area contributed by atoms with Crippen molar-refractivity contribution in [1.29, 1.82) is 0 Å². The van der Waals surface area contributed by atoms with Crippen LogP contribution in [-0.4, -0.2) is 34.2 Å². The van der Waals surface area contributed by atoms with Crippen LogP contribution in [0, 0.1) is 12.8 Å². The summed E-state index contributed by atoms with van der Waals surface area (Å²) in [7, 11) is 0. The van der Waals surface area contributed by atoms with Gasteiger partial charge in [-0.3, -0.25) is 4.68 Å². The Hall–Kier alpha value is -0.580. The van der Waals surface area contributed by atoms with E-state index < -0.39 is 0 Å². The number of nitrogens with zero attached hydrogens (tertiary/aromatic N) is 2. The number of rotatable bonds is 5. The highest BCUT2D eigenvalue weighted by atomic mass is 35.5. The van der Waals surface area contributed by atoms with Gasteiger partial charge in [0.15, 0.2) is 0 Å². The van der Waals surface area contributed by atoms with Crippen LogP contribution in [0.25, 0.3) is 0 Å². The quantitative estimate of drug-likeness (QED) is 0.894. The fourth-order valence-electron chi connectivity index (χ4n) is 2.52. The minimum absolute atomic E-state index is 0.365. The van der Waals surface area contributed by atoms with Gasteiger partial charge in [-0.1, -0.05) is 11.6 Å². The first-order valence-electron chi connectivity index (χ1n) is 6.59. The number of aliphatic hydroxyl groups excluding tert-OH is 1. The maximum absolute atomic E-state index is 10.2. The number of aromatic nitrogens is 2. The molecule has 0 aromatic carbocycles. The summed E-state index contributed by atoms with van der Waals surface area (Å²) in [6.07, 6.45) is 2.04. The molecule has 5 heteroatoms. The third kappa shape index (κ3) is 3.05. The largest absolute Gasteiger partial charge is 0.393 e. The molecule has 18 heavy (non-hydrogen) atoms. The molecular formula is C13H21ClN2O2. The zero-order valence-electron chi connectivity index (χ0n) is 11.0. The third-order valence-electron chi connectivity index (χ3n) is 3.51. The van der Waals surface area contributed by atoms with Gasteiger partial charge < -0.3 is 9.84 Å². The molecule has 2 atom stereocenters. The lowest BCUT2D eigenvalue weighted by Gasteiger charge is -2.15. The first-order valence-corrected chi connectivity index (χ1v) is 6.97. The lowest BCUT2D eigenvalue weighted by atomic mass is 9.98. The van der Waals surface area contributed by atoms with Gasteiger partial charge in [-0.25, -0.2) is 0 Å². The lowest BCUT2D eigenvalue weighted by Crippen LogP contribution is -2.18. The van der Waals surface area contributed by atoms with Gasteiger partial charge in [0.1, 0.15) is 0 Å². The van der Waals surface area contributed by atoms with Gasteiger partial charge in [0.25, 0.3) is 0 Å². The van der Waals surface area contributed by atoms with Crippen molar-refractivity contribution in [3.8, 4) is 0 Å². The topological polar surface area (TPSA) is 47.3 Å². The monoisotopic (exact) mass is 272 g/mol. The molecule has 1 fully saturated rings. The Kier molecular flexibility index (Phi) is 4.65. The maximum atomic E-state index is 10.2. The summed E-state index contributed by atoms with van der Waals surface area (Å²) in [6.45, 7) is 6.31. The molecule has 1 aliphatic rings. The van der Waals surface area contributed by atoms with Crippen LogP contribution in [0.5, 0.6) is 0 Å². The number of aryl methyl sites for hydroxylation is 2. The van der Waals surface area contributed by atoms with Crippen LogP contribution in [-0.2, 0) is 17.7 Å². The van der Waals surface area contributed by atoms with Gasteiger partial charge in [-0.15, -0.1) is 0 Å². The van der Waals surface area contributed by atoms with Crippen LogP contribution in [0.2, 0.25) is 5.02 Å². The van der Waals surface area contributed by atoms with Crippen molar-refractivity contribution in [2.45, 2.75) is 45.8 Å². The summed E-state index contributed by atoms with van der Waals surface area (Å²) in [5, 5.41) is 15.2. The van der Waals surface area contributed by atoms with E-state index in [1.807, 2.05) is 18.5 Å². The molecule has 1 aromatic rings. The minimum Gasteiger partial charge on any atom is -0.393 e. The van der Waals surface area contributed by atoms with E-state index in [0.717, 1.165) is 44.0 Å². The van der Waals surface area contributed by atoms with Gasteiger partial charge >= 0.3 is 0 Å². The van der Waals surface area contributed by atoms with E-state index in [9.17, 15) is 5.11 Å². The van der Waals surface area contributed by atoms with Crippen molar-refractivity contribution in [1.82, 2.24) is 9.78 Å². The summed E-state index contributed by atoms with van der Waals surface area (Å²) in [6, 6.07) is 0. The second-order valence-corrected chi connectivity index (χ2v) is 5.36. The van der Waals surface area contributed by atoms with Crippen molar-refractivity contribution < 1.29 is 9.84 Å². The Labute approximate surface area is 113 Å². The Bertz CT molecular complexity index is 400. The van der Waals surface area contributed by atoms with Crippen LogP contribution in [0.3, 0.4) is 0 Å². The second kappa shape index (κ2) is 6.04. The van der Waals surface area contributed by atoms with Gasteiger partial charge in [0, 0.05) is 26.2 Å². The molecule has 0 aliphatic carbocycles. The van der Waals surface area contributed by atoms with Gasteiger partial charge in [-0.2, -0.15) is 5.10 Å². The number of halogens is 1. The molecule has 1 aromatic heterocycles. The fourth-order valence-corrected chi connectivity index (χ4v) is 2.74. The molecule has 4 nitrogen and oxygen atoms in total. The highest BCUT2D eigenvalue weighted by Crippen LogP contribution is 2.24. The average molecular weight is 273 g/mol. The van der Waals surface area contributed by atoms with Crippen molar-refractivity contribution in [3.05, 3.63) is 16.4 Å². The molecule has 0 amide bonds. The molecule has 102 valence electrons. The Morgan fingerprint density at radius 3 is 3.00 bits per heavy atom. The molecule has 2 heterocycles. The zero-order chi connectivity index (χ0) is 13.1. The van der Waals surface area contributed by atoms with Gasteiger partial charge in [-0.05, 0) is 32.6 Å². The Balaban J connectivity index is 1.99. The summed E-state index contributed by atoms with van der Waals surface area (Å²) in [5.41, 5.74) is 1.79. The standard InChI is InChI=1S/C13H21ClN2O2/c1-3-16-12(13(14)9(2)15-16)7-11(17)6-10-4-5-18-8-10/h10-11,17H,3-8H2,1-2H3. The molecule has 0 spiro atoms. The van der Waals surface area contributed by atoms with Crippen LogP contribution in [0.15, 0.2) is 0 Å². The summed E-state index contributed by atoms with van der Waals surface area (Å²) < 4.78 is 7.21. The second-order valence-electron chi connectivity index (χ2n) is 4.99. The summed E-state index contributed by atoms with van der Waals surface area (Å²) >= 11 is 6.23. The molecule has 2 unspecified atom stereocenters. The van der Waals surface area contributed by atoms with E-state index in [1.54, 1.807) is 0 Å². The number of hydrogen-bond acceptors (Lipinski definition) is 3.